The van der Waals surface area contributed by atoms with Gasteiger partial charge in [-0.1, -0.05) is 24.3 Å². The molecule has 2 N–H and O–H groups in total. The van der Waals surface area contributed by atoms with Gasteiger partial charge >= 0.3 is 0 Å². The van der Waals surface area contributed by atoms with Crippen LogP contribution in [0.15, 0.2) is 42.6 Å². The van der Waals surface area contributed by atoms with Crippen molar-refractivity contribution in [2.45, 2.75) is 43.2 Å². The monoisotopic (exact) mass is 370 g/mol. The molecule has 142 valence electrons. The van der Waals surface area contributed by atoms with Crippen LogP contribution in [0.3, 0.4) is 0 Å². The molecule has 4 rings (SSSR count). The van der Waals surface area contributed by atoms with E-state index in [4.69, 9.17) is 4.74 Å². The van der Waals surface area contributed by atoms with Gasteiger partial charge in [0.05, 0.1) is 24.7 Å². The van der Waals surface area contributed by atoms with Crippen molar-refractivity contribution in [3.8, 4) is 5.88 Å². The highest BCUT2D eigenvalue weighted by Crippen LogP contribution is 2.50. The first-order valence-electron chi connectivity index (χ1n) is 9.27. The summed E-state index contributed by atoms with van der Waals surface area (Å²) in [6.45, 7) is 0. The fourth-order valence-electron chi connectivity index (χ4n) is 3.94. The molecular weight excluding hydrogens is 347 g/mol. The van der Waals surface area contributed by atoms with Gasteiger partial charge in [-0.25, -0.2) is 9.37 Å². The van der Waals surface area contributed by atoms with Gasteiger partial charge in [0.15, 0.2) is 0 Å². The first-order valence-corrected chi connectivity index (χ1v) is 9.27. The van der Waals surface area contributed by atoms with Crippen molar-refractivity contribution < 1.29 is 19.0 Å². The van der Waals surface area contributed by atoms with Gasteiger partial charge < -0.3 is 15.2 Å². The number of nitrogens with zero attached hydrogens (tertiary/aromatic N) is 1. The Hall–Kier alpha value is -2.47. The quantitative estimate of drug-likeness (QED) is 0.820. The molecule has 2 aliphatic carbocycles. The Kier molecular flexibility index (Phi) is 4.60. The van der Waals surface area contributed by atoms with Gasteiger partial charge in [0.25, 0.3) is 0 Å². The molecule has 2 fully saturated rings. The molecule has 0 radical (unpaired) electrons. The topological polar surface area (TPSA) is 71.5 Å². The van der Waals surface area contributed by atoms with Gasteiger partial charge in [-0.2, -0.15) is 0 Å². The van der Waals surface area contributed by atoms with Crippen LogP contribution in [0.2, 0.25) is 0 Å². The lowest BCUT2D eigenvalue weighted by molar-refractivity contribution is -0.125. The Morgan fingerprint density at radius 1 is 1.30 bits per heavy atom. The number of carbonyl (C=O) groups excluding carboxylic acids is 1. The van der Waals surface area contributed by atoms with Crippen molar-refractivity contribution in [2.75, 3.05) is 7.11 Å². The second kappa shape index (κ2) is 6.93. The highest BCUT2D eigenvalue weighted by molar-refractivity contribution is 5.91. The lowest BCUT2D eigenvalue weighted by atomic mass is 9.75. The van der Waals surface area contributed by atoms with Gasteiger partial charge in [0.2, 0.25) is 11.8 Å². The maximum absolute atomic E-state index is 14.3. The number of hydrogen-bond acceptors (Lipinski definition) is 4. The van der Waals surface area contributed by atoms with Crippen molar-refractivity contribution in [2.24, 2.45) is 5.92 Å². The predicted octanol–water partition coefficient (Wildman–Crippen LogP) is 2.89. The highest BCUT2D eigenvalue weighted by atomic mass is 19.1. The summed E-state index contributed by atoms with van der Waals surface area (Å²) >= 11 is 0. The standard InChI is InChI=1S/C21H23FN2O3/c1-27-18-7-6-13(12-23-18)19(14-10-15(25)11-14)24-20(26)21(8-9-21)16-4-2-3-5-17(16)22/h2-7,12,14-15,19,25H,8-11H2,1H3,(H,24,26). The molecule has 1 aromatic carbocycles. The van der Waals surface area contributed by atoms with Crippen LogP contribution in [0.5, 0.6) is 5.88 Å². The molecular formula is C21H23FN2O3. The fourth-order valence-corrected chi connectivity index (χ4v) is 3.94. The van der Waals surface area contributed by atoms with E-state index in [-0.39, 0.29) is 29.8 Å². The van der Waals surface area contributed by atoms with Crippen LogP contribution in [-0.2, 0) is 10.2 Å². The number of ether oxygens (including phenoxy) is 1. The fraction of sp³-hybridized carbons (Fsp3) is 0.429. The number of aliphatic hydroxyl groups excluding tert-OH is 1. The number of pyridine rings is 1. The molecule has 0 bridgehead atoms. The van der Waals surface area contributed by atoms with Gasteiger partial charge in [-0.05, 0) is 43.2 Å². The van der Waals surface area contributed by atoms with Crippen LogP contribution in [0, 0.1) is 11.7 Å². The molecule has 0 aliphatic heterocycles. The Balaban J connectivity index is 1.58. The summed E-state index contributed by atoms with van der Waals surface area (Å²) in [5.41, 5.74) is 0.541. The van der Waals surface area contributed by atoms with E-state index in [0.717, 1.165) is 5.56 Å². The molecule has 2 aromatic rings. The summed E-state index contributed by atoms with van der Waals surface area (Å²) < 4.78 is 19.4. The van der Waals surface area contributed by atoms with Crippen molar-refractivity contribution >= 4 is 5.91 Å². The van der Waals surface area contributed by atoms with E-state index in [1.165, 1.54) is 6.07 Å². The maximum atomic E-state index is 14.3. The Morgan fingerprint density at radius 3 is 2.59 bits per heavy atom. The minimum Gasteiger partial charge on any atom is -0.481 e. The van der Waals surface area contributed by atoms with E-state index in [2.05, 4.69) is 10.3 Å². The maximum Gasteiger partial charge on any atom is 0.231 e. The van der Waals surface area contributed by atoms with E-state index < -0.39 is 5.41 Å². The SMILES string of the molecule is COc1ccc(C(NC(=O)C2(c3ccccc3F)CC2)C2CC(O)C2)cn1. The van der Waals surface area contributed by atoms with Crippen LogP contribution in [-0.4, -0.2) is 29.2 Å². The first kappa shape index (κ1) is 17.9. The van der Waals surface area contributed by atoms with E-state index in [0.29, 0.717) is 37.1 Å². The summed E-state index contributed by atoms with van der Waals surface area (Å²) in [5, 5.41) is 12.8. The molecule has 1 atom stereocenters. The lowest BCUT2D eigenvalue weighted by Crippen LogP contribution is -2.45. The van der Waals surface area contributed by atoms with Crippen LogP contribution < -0.4 is 10.1 Å². The number of aromatic nitrogens is 1. The summed E-state index contributed by atoms with van der Waals surface area (Å²) in [6, 6.07) is 9.86. The normalized spacial score (nSPS) is 23.8. The number of nitrogens with one attached hydrogen (secondary N) is 1. The van der Waals surface area contributed by atoms with Crippen LogP contribution in [0.1, 0.15) is 42.9 Å². The molecule has 0 spiro atoms. The van der Waals surface area contributed by atoms with Gasteiger partial charge in [0, 0.05) is 17.8 Å². The zero-order chi connectivity index (χ0) is 19.0. The average Bonchev–Trinajstić information content (AvgIpc) is 3.46. The number of carbonyl (C=O) groups is 1. The number of aliphatic hydroxyl groups is 1. The molecule has 0 saturated heterocycles. The Bertz CT molecular complexity index is 830. The molecule has 6 heteroatoms. The molecule has 1 heterocycles. The van der Waals surface area contributed by atoms with Crippen LogP contribution in [0.4, 0.5) is 4.39 Å². The number of amides is 1. The molecule has 27 heavy (non-hydrogen) atoms. The largest absolute Gasteiger partial charge is 0.481 e. The number of halogens is 1. The third-order valence-corrected chi connectivity index (χ3v) is 5.81. The van der Waals surface area contributed by atoms with Crippen LogP contribution in [0.25, 0.3) is 0 Å². The summed E-state index contributed by atoms with van der Waals surface area (Å²) in [6.07, 6.45) is 3.90. The van der Waals surface area contributed by atoms with Crippen molar-refractivity contribution in [3.63, 3.8) is 0 Å². The summed E-state index contributed by atoms with van der Waals surface area (Å²) in [4.78, 5) is 17.4. The van der Waals surface area contributed by atoms with Crippen molar-refractivity contribution in [1.29, 1.82) is 0 Å². The zero-order valence-corrected chi connectivity index (χ0v) is 15.2. The molecule has 1 amide bonds. The second-order valence-corrected chi connectivity index (χ2v) is 7.53. The minimum atomic E-state index is -0.786. The molecule has 1 aromatic heterocycles. The van der Waals surface area contributed by atoms with Gasteiger partial charge in [0.1, 0.15) is 5.82 Å². The zero-order valence-electron chi connectivity index (χ0n) is 15.2. The lowest BCUT2D eigenvalue weighted by Gasteiger charge is -2.38. The van der Waals surface area contributed by atoms with Crippen LogP contribution >= 0.6 is 0 Å². The average molecular weight is 370 g/mol. The number of benzene rings is 1. The number of methoxy groups -OCH3 is 1. The van der Waals surface area contributed by atoms with E-state index in [1.807, 2.05) is 6.07 Å². The Labute approximate surface area is 157 Å². The highest BCUT2D eigenvalue weighted by Gasteiger charge is 2.53. The van der Waals surface area contributed by atoms with E-state index in [9.17, 15) is 14.3 Å². The second-order valence-electron chi connectivity index (χ2n) is 7.53. The van der Waals surface area contributed by atoms with E-state index >= 15 is 0 Å². The minimum absolute atomic E-state index is 0.135. The van der Waals surface area contributed by atoms with Crippen molar-refractivity contribution in [1.82, 2.24) is 10.3 Å². The Morgan fingerprint density at radius 2 is 2.04 bits per heavy atom. The van der Waals surface area contributed by atoms with Crippen molar-refractivity contribution in [3.05, 3.63) is 59.5 Å². The third-order valence-electron chi connectivity index (χ3n) is 5.81. The summed E-state index contributed by atoms with van der Waals surface area (Å²) in [7, 11) is 1.55. The molecule has 1 unspecified atom stereocenters. The van der Waals surface area contributed by atoms with Gasteiger partial charge in [-0.15, -0.1) is 0 Å². The summed E-state index contributed by atoms with van der Waals surface area (Å²) in [5.74, 6) is 0.139. The molecule has 5 nitrogen and oxygen atoms in total. The van der Waals surface area contributed by atoms with Gasteiger partial charge in [-0.3, -0.25) is 4.79 Å². The number of hydrogen-bond donors (Lipinski definition) is 2. The number of rotatable bonds is 6. The smallest absolute Gasteiger partial charge is 0.231 e. The first-order chi connectivity index (χ1) is 13.0. The molecule has 2 saturated carbocycles. The molecule has 2 aliphatic rings. The predicted molar refractivity (Wildman–Crippen MR) is 97.7 cm³/mol. The third kappa shape index (κ3) is 3.30. The van der Waals surface area contributed by atoms with E-state index in [1.54, 1.807) is 37.6 Å².